The van der Waals surface area contributed by atoms with Crippen molar-refractivity contribution in [2.45, 2.75) is 31.4 Å². The van der Waals surface area contributed by atoms with Crippen LogP contribution in [0, 0.1) is 5.82 Å². The van der Waals surface area contributed by atoms with Crippen LogP contribution in [0.15, 0.2) is 83.9 Å². The van der Waals surface area contributed by atoms with Crippen LogP contribution in [0.3, 0.4) is 0 Å². The maximum atomic E-state index is 13.2. The van der Waals surface area contributed by atoms with Gasteiger partial charge in [-0.3, -0.25) is 14.5 Å². The average molecular weight is 534 g/mol. The predicted molar refractivity (Wildman–Crippen MR) is 147 cm³/mol. The number of amides is 2. The number of esters is 1. The lowest BCUT2D eigenvalue weighted by atomic mass is 10.1. The number of benzene rings is 3. The van der Waals surface area contributed by atoms with Crippen molar-refractivity contribution in [2.75, 3.05) is 18.5 Å². The van der Waals surface area contributed by atoms with Gasteiger partial charge in [0.1, 0.15) is 11.1 Å². The molecule has 7 nitrogen and oxygen atoms in total. The van der Waals surface area contributed by atoms with E-state index in [4.69, 9.17) is 4.74 Å². The van der Waals surface area contributed by atoms with Gasteiger partial charge in [-0.25, -0.2) is 14.2 Å². The number of hydrogen-bond acceptors (Lipinski definition) is 6. The number of carbonyl (C=O) groups is 3. The zero-order valence-electron chi connectivity index (χ0n) is 20.9. The molecule has 0 spiro atoms. The highest BCUT2D eigenvalue weighted by molar-refractivity contribution is 8.15. The number of nitrogens with one attached hydrogen (secondary N) is 1. The number of halogens is 1. The van der Waals surface area contributed by atoms with Gasteiger partial charge in [0.05, 0.1) is 17.9 Å². The molecule has 0 radical (unpaired) electrons. The van der Waals surface area contributed by atoms with Gasteiger partial charge in [-0.05, 0) is 73.9 Å². The second-order valence-electron chi connectivity index (χ2n) is 8.60. The number of rotatable bonds is 9. The Morgan fingerprint density at radius 3 is 2.45 bits per heavy atom. The van der Waals surface area contributed by atoms with Crippen molar-refractivity contribution >= 4 is 46.1 Å². The lowest BCUT2D eigenvalue weighted by molar-refractivity contribution is -0.129. The standard InChI is InChI=1S/C29H28FN3O4S/c1-2-37-28(36)21-10-14-24(15-11-21)32-29-33(18-6-9-20-7-4-3-5-8-20)26(34)19-25(38-29)27(35)31-23-16-12-22(30)13-17-23/h3-5,7-8,10-17,25H,2,6,9,18-19H2,1H3,(H,31,35). The van der Waals surface area contributed by atoms with Crippen LogP contribution < -0.4 is 5.32 Å². The Labute approximate surface area is 225 Å². The van der Waals surface area contributed by atoms with Gasteiger partial charge in [0.25, 0.3) is 0 Å². The minimum Gasteiger partial charge on any atom is -0.462 e. The highest BCUT2D eigenvalue weighted by Gasteiger charge is 2.35. The van der Waals surface area contributed by atoms with E-state index in [1.54, 1.807) is 36.1 Å². The fourth-order valence-corrected chi connectivity index (χ4v) is 5.02. The number of amidine groups is 1. The lowest BCUT2D eigenvalue weighted by Crippen LogP contribution is -2.45. The van der Waals surface area contributed by atoms with Crippen LogP contribution in [0.25, 0.3) is 0 Å². The van der Waals surface area contributed by atoms with Gasteiger partial charge in [-0.2, -0.15) is 0 Å². The summed E-state index contributed by atoms with van der Waals surface area (Å²) >= 11 is 1.21. The van der Waals surface area contributed by atoms with Crippen LogP contribution >= 0.6 is 11.8 Å². The van der Waals surface area contributed by atoms with Crippen molar-refractivity contribution in [1.29, 1.82) is 0 Å². The van der Waals surface area contributed by atoms with E-state index >= 15 is 0 Å². The molecule has 3 aromatic rings. The van der Waals surface area contributed by atoms with Gasteiger partial charge in [-0.1, -0.05) is 42.1 Å². The van der Waals surface area contributed by atoms with Crippen molar-refractivity contribution in [3.8, 4) is 0 Å². The van der Waals surface area contributed by atoms with Gasteiger partial charge in [0.15, 0.2) is 5.17 Å². The fraction of sp³-hybridized carbons (Fsp3) is 0.241. The topological polar surface area (TPSA) is 88.1 Å². The first-order chi connectivity index (χ1) is 18.4. The third-order valence-corrected chi connectivity index (χ3v) is 7.02. The molecule has 0 aromatic heterocycles. The van der Waals surface area contributed by atoms with Crippen LogP contribution in [0.4, 0.5) is 15.8 Å². The summed E-state index contributed by atoms with van der Waals surface area (Å²) in [6.45, 7) is 2.47. The molecular formula is C29H28FN3O4S. The molecule has 0 aliphatic carbocycles. The van der Waals surface area contributed by atoms with E-state index < -0.39 is 17.0 Å². The van der Waals surface area contributed by atoms with Gasteiger partial charge >= 0.3 is 5.97 Å². The Morgan fingerprint density at radius 2 is 1.76 bits per heavy atom. The molecule has 2 amide bonds. The van der Waals surface area contributed by atoms with E-state index in [1.807, 2.05) is 30.3 Å². The summed E-state index contributed by atoms with van der Waals surface area (Å²) in [6.07, 6.45) is 1.54. The van der Waals surface area contributed by atoms with E-state index in [2.05, 4.69) is 10.3 Å². The van der Waals surface area contributed by atoms with Crippen LogP contribution in [0.1, 0.15) is 35.7 Å². The Kier molecular flexibility index (Phi) is 9.26. The summed E-state index contributed by atoms with van der Waals surface area (Å²) in [5.41, 5.74) is 2.57. The average Bonchev–Trinajstić information content (AvgIpc) is 2.92. The molecule has 1 fully saturated rings. The summed E-state index contributed by atoms with van der Waals surface area (Å²) in [7, 11) is 0. The van der Waals surface area contributed by atoms with Crippen molar-refractivity contribution in [3.05, 3.63) is 95.8 Å². The minimum absolute atomic E-state index is 0.0177. The summed E-state index contributed by atoms with van der Waals surface area (Å²) in [6, 6.07) is 22.1. The zero-order chi connectivity index (χ0) is 26.9. The first-order valence-electron chi connectivity index (χ1n) is 12.4. The normalized spacial score (nSPS) is 16.4. The SMILES string of the molecule is CCOC(=O)c1ccc(N=C2SC(C(=O)Nc3ccc(F)cc3)CC(=O)N2CCCc2ccccc2)cc1. The number of carbonyl (C=O) groups excluding carboxylic acids is 3. The molecule has 1 aliphatic rings. The van der Waals surface area contributed by atoms with Gasteiger partial charge in [0, 0.05) is 18.7 Å². The first kappa shape index (κ1) is 27.1. The van der Waals surface area contributed by atoms with Crippen LogP contribution in [-0.4, -0.2) is 46.3 Å². The third kappa shape index (κ3) is 7.29. The number of aryl methyl sites for hydroxylation is 1. The predicted octanol–water partition coefficient (Wildman–Crippen LogP) is 5.60. The molecule has 1 aliphatic heterocycles. The summed E-state index contributed by atoms with van der Waals surface area (Å²) in [5, 5.41) is 2.47. The number of aliphatic imine (C=N–C) groups is 1. The quantitative estimate of drug-likeness (QED) is 0.362. The molecule has 1 heterocycles. The third-order valence-electron chi connectivity index (χ3n) is 5.84. The largest absolute Gasteiger partial charge is 0.462 e. The Hall–Kier alpha value is -3.98. The molecule has 1 saturated heterocycles. The maximum Gasteiger partial charge on any atom is 0.338 e. The van der Waals surface area contributed by atoms with Crippen molar-refractivity contribution in [1.82, 2.24) is 4.90 Å². The monoisotopic (exact) mass is 533 g/mol. The van der Waals surface area contributed by atoms with Crippen LogP contribution in [-0.2, 0) is 20.7 Å². The van der Waals surface area contributed by atoms with Crippen LogP contribution in [0.2, 0.25) is 0 Å². The van der Waals surface area contributed by atoms with E-state index in [0.29, 0.717) is 28.7 Å². The Balaban J connectivity index is 1.52. The lowest BCUT2D eigenvalue weighted by Gasteiger charge is -2.32. The smallest absolute Gasteiger partial charge is 0.338 e. The molecular weight excluding hydrogens is 505 g/mol. The van der Waals surface area contributed by atoms with Crippen molar-refractivity contribution < 1.29 is 23.5 Å². The number of thioether (sulfide) groups is 1. The molecule has 0 bridgehead atoms. The molecule has 0 saturated carbocycles. The van der Waals surface area contributed by atoms with Crippen molar-refractivity contribution in [2.24, 2.45) is 4.99 Å². The first-order valence-corrected chi connectivity index (χ1v) is 13.2. The second-order valence-corrected chi connectivity index (χ2v) is 9.77. The van der Waals surface area contributed by atoms with E-state index in [-0.39, 0.29) is 24.8 Å². The number of anilines is 1. The molecule has 1 atom stereocenters. The maximum absolute atomic E-state index is 13.2. The molecule has 38 heavy (non-hydrogen) atoms. The minimum atomic E-state index is -0.699. The Morgan fingerprint density at radius 1 is 1.05 bits per heavy atom. The van der Waals surface area contributed by atoms with E-state index in [1.165, 1.54) is 41.6 Å². The summed E-state index contributed by atoms with van der Waals surface area (Å²) in [5.74, 6) is -1.38. The van der Waals surface area contributed by atoms with Gasteiger partial charge in [0.2, 0.25) is 11.8 Å². The van der Waals surface area contributed by atoms with E-state index in [9.17, 15) is 18.8 Å². The summed E-state index contributed by atoms with van der Waals surface area (Å²) in [4.78, 5) is 44.5. The molecule has 4 rings (SSSR count). The second kappa shape index (κ2) is 13.0. The van der Waals surface area contributed by atoms with E-state index in [0.717, 1.165) is 12.8 Å². The van der Waals surface area contributed by atoms with Crippen LogP contribution in [0.5, 0.6) is 0 Å². The molecule has 9 heteroatoms. The van der Waals surface area contributed by atoms with Crippen molar-refractivity contribution in [3.63, 3.8) is 0 Å². The fourth-order valence-electron chi connectivity index (χ4n) is 3.90. The molecule has 3 aromatic carbocycles. The molecule has 196 valence electrons. The van der Waals surface area contributed by atoms with Gasteiger partial charge in [-0.15, -0.1) is 0 Å². The number of hydrogen-bond donors (Lipinski definition) is 1. The number of nitrogens with zero attached hydrogens (tertiary/aromatic N) is 2. The molecule has 1 N–H and O–H groups in total. The highest BCUT2D eigenvalue weighted by atomic mass is 32.2. The summed E-state index contributed by atoms with van der Waals surface area (Å²) < 4.78 is 18.3. The molecule has 1 unspecified atom stereocenters. The zero-order valence-corrected chi connectivity index (χ0v) is 21.7. The Bertz CT molecular complexity index is 1300. The van der Waals surface area contributed by atoms with Gasteiger partial charge < -0.3 is 10.1 Å². The highest BCUT2D eigenvalue weighted by Crippen LogP contribution is 2.30. The number of ether oxygens (including phenoxy) is 1.